The van der Waals surface area contributed by atoms with Crippen molar-refractivity contribution in [1.29, 1.82) is 0 Å². The summed E-state index contributed by atoms with van der Waals surface area (Å²) in [4.78, 5) is 0. The molecule has 0 aromatic heterocycles. The molecule has 1 N–H and O–H groups in total. The van der Waals surface area contributed by atoms with Crippen molar-refractivity contribution in [2.24, 2.45) is 0 Å². The topological polar surface area (TPSA) is 21.3 Å². The summed E-state index contributed by atoms with van der Waals surface area (Å²) in [6, 6.07) is 12.4. The summed E-state index contributed by atoms with van der Waals surface area (Å²) in [6.45, 7) is 2.95. The molecule has 104 valence electrons. The van der Waals surface area contributed by atoms with E-state index in [-0.39, 0.29) is 6.04 Å². The monoisotopic (exact) mass is 351 g/mol. The van der Waals surface area contributed by atoms with Crippen LogP contribution in [0, 0.1) is 0 Å². The first-order chi connectivity index (χ1) is 9.63. The average Bonchev–Trinajstić information content (AvgIpc) is 2.89. The van der Waals surface area contributed by atoms with Crippen LogP contribution in [0.4, 0.5) is 5.69 Å². The molecule has 0 bridgehead atoms. The lowest BCUT2D eigenvalue weighted by Gasteiger charge is -2.17. The number of fused-ring (bicyclic) bond motifs is 1. The number of benzene rings is 2. The van der Waals surface area contributed by atoms with Crippen molar-refractivity contribution in [2.45, 2.75) is 19.4 Å². The molecular weight excluding hydrogens is 338 g/mol. The maximum Gasteiger partial charge on any atom is 0.122 e. The average molecular weight is 353 g/mol. The van der Waals surface area contributed by atoms with Gasteiger partial charge in [0.2, 0.25) is 0 Å². The molecule has 3 rings (SSSR count). The first-order valence-electron chi connectivity index (χ1n) is 6.61. The zero-order chi connectivity index (χ0) is 14.1. The molecule has 20 heavy (non-hydrogen) atoms. The Morgan fingerprint density at radius 2 is 2.10 bits per heavy atom. The minimum atomic E-state index is 0.221. The Labute approximate surface area is 132 Å². The Morgan fingerprint density at radius 3 is 2.90 bits per heavy atom. The maximum atomic E-state index is 5.96. The van der Waals surface area contributed by atoms with Crippen LogP contribution in [0.2, 0.25) is 5.02 Å². The van der Waals surface area contributed by atoms with Crippen LogP contribution in [0.25, 0.3) is 0 Å². The molecule has 1 atom stereocenters. The second kappa shape index (κ2) is 5.66. The minimum Gasteiger partial charge on any atom is -0.493 e. The zero-order valence-electron chi connectivity index (χ0n) is 11.1. The second-order valence-electron chi connectivity index (χ2n) is 4.96. The van der Waals surface area contributed by atoms with E-state index in [1.165, 1.54) is 11.1 Å². The number of hydrogen-bond donors (Lipinski definition) is 1. The van der Waals surface area contributed by atoms with Gasteiger partial charge in [-0.15, -0.1) is 0 Å². The fraction of sp³-hybridized carbons (Fsp3) is 0.250. The summed E-state index contributed by atoms with van der Waals surface area (Å²) in [6.07, 6.45) is 1.00. The molecule has 1 unspecified atom stereocenters. The summed E-state index contributed by atoms with van der Waals surface area (Å²) < 4.78 is 6.51. The standard InChI is InChI=1S/C16H15BrClNO/c1-10(19-15-4-3-13(18)9-14(15)17)11-2-5-16-12(8-11)6-7-20-16/h2-5,8-10,19H,6-7H2,1H3. The van der Waals surface area contributed by atoms with Gasteiger partial charge >= 0.3 is 0 Å². The second-order valence-corrected chi connectivity index (χ2v) is 6.25. The highest BCUT2D eigenvalue weighted by Crippen LogP contribution is 2.32. The van der Waals surface area contributed by atoms with Gasteiger partial charge in [0.05, 0.1) is 6.61 Å². The highest BCUT2D eigenvalue weighted by atomic mass is 79.9. The van der Waals surface area contributed by atoms with Gasteiger partial charge in [0.15, 0.2) is 0 Å². The van der Waals surface area contributed by atoms with Gasteiger partial charge in [0.25, 0.3) is 0 Å². The Kier molecular flexibility index (Phi) is 3.90. The number of anilines is 1. The van der Waals surface area contributed by atoms with Crippen LogP contribution in [0.3, 0.4) is 0 Å². The summed E-state index contributed by atoms with van der Waals surface area (Å²) in [7, 11) is 0. The van der Waals surface area contributed by atoms with Crippen LogP contribution in [-0.2, 0) is 6.42 Å². The Balaban J connectivity index is 1.80. The molecule has 0 amide bonds. The van der Waals surface area contributed by atoms with Crippen LogP contribution in [0.5, 0.6) is 5.75 Å². The summed E-state index contributed by atoms with van der Waals surface area (Å²) in [5.74, 6) is 1.02. The van der Waals surface area contributed by atoms with Crippen LogP contribution in [-0.4, -0.2) is 6.61 Å². The van der Waals surface area contributed by atoms with Gasteiger partial charge in [-0.05, 0) is 64.3 Å². The van der Waals surface area contributed by atoms with Crippen LogP contribution in [0.15, 0.2) is 40.9 Å². The van der Waals surface area contributed by atoms with E-state index in [9.17, 15) is 0 Å². The van der Waals surface area contributed by atoms with Gasteiger partial charge in [0.1, 0.15) is 5.75 Å². The third-order valence-electron chi connectivity index (χ3n) is 3.52. The lowest BCUT2D eigenvalue weighted by atomic mass is 10.0. The van der Waals surface area contributed by atoms with E-state index < -0.39 is 0 Å². The number of hydrogen-bond acceptors (Lipinski definition) is 2. The number of rotatable bonds is 3. The molecular formula is C16H15BrClNO. The molecule has 2 aromatic carbocycles. The quantitative estimate of drug-likeness (QED) is 0.818. The smallest absolute Gasteiger partial charge is 0.122 e. The lowest BCUT2D eigenvalue weighted by molar-refractivity contribution is 0.357. The Hall–Kier alpha value is -1.19. The van der Waals surface area contributed by atoms with Gasteiger partial charge in [-0.25, -0.2) is 0 Å². The predicted molar refractivity (Wildman–Crippen MR) is 86.8 cm³/mol. The normalized spacial score (nSPS) is 14.6. The SMILES string of the molecule is CC(Nc1ccc(Cl)cc1Br)c1ccc2c(c1)CCO2. The minimum absolute atomic E-state index is 0.221. The molecule has 1 aliphatic heterocycles. The molecule has 0 fully saturated rings. The van der Waals surface area contributed by atoms with E-state index in [2.05, 4.69) is 46.4 Å². The Morgan fingerprint density at radius 1 is 1.25 bits per heavy atom. The van der Waals surface area contributed by atoms with Gasteiger partial charge < -0.3 is 10.1 Å². The van der Waals surface area contributed by atoms with E-state index in [0.717, 1.165) is 34.0 Å². The van der Waals surface area contributed by atoms with Crippen molar-refractivity contribution >= 4 is 33.2 Å². The third kappa shape index (κ3) is 2.79. The van der Waals surface area contributed by atoms with Crippen LogP contribution in [0.1, 0.15) is 24.1 Å². The van der Waals surface area contributed by atoms with Gasteiger partial charge in [-0.2, -0.15) is 0 Å². The van der Waals surface area contributed by atoms with Gasteiger partial charge in [-0.3, -0.25) is 0 Å². The molecule has 1 aliphatic rings. The van der Waals surface area contributed by atoms with E-state index in [1.807, 2.05) is 18.2 Å². The molecule has 1 heterocycles. The van der Waals surface area contributed by atoms with E-state index in [4.69, 9.17) is 16.3 Å². The first kappa shape index (κ1) is 13.8. The number of nitrogens with one attached hydrogen (secondary N) is 1. The molecule has 0 saturated carbocycles. The van der Waals surface area contributed by atoms with E-state index in [1.54, 1.807) is 0 Å². The van der Waals surface area contributed by atoms with Crippen LogP contribution < -0.4 is 10.1 Å². The summed E-state index contributed by atoms with van der Waals surface area (Å²) >= 11 is 9.49. The molecule has 2 aromatic rings. The Bertz CT molecular complexity index is 644. The molecule has 4 heteroatoms. The molecule has 0 aliphatic carbocycles. The summed E-state index contributed by atoms with van der Waals surface area (Å²) in [5, 5.41) is 4.23. The fourth-order valence-corrected chi connectivity index (χ4v) is 3.20. The van der Waals surface area contributed by atoms with Crippen molar-refractivity contribution < 1.29 is 4.74 Å². The largest absolute Gasteiger partial charge is 0.493 e. The van der Waals surface area contributed by atoms with Crippen molar-refractivity contribution in [3.63, 3.8) is 0 Å². The van der Waals surface area contributed by atoms with E-state index >= 15 is 0 Å². The highest BCUT2D eigenvalue weighted by molar-refractivity contribution is 9.10. The van der Waals surface area contributed by atoms with Gasteiger partial charge in [0, 0.05) is 27.6 Å². The molecule has 0 saturated heterocycles. The van der Waals surface area contributed by atoms with E-state index in [0.29, 0.717) is 0 Å². The van der Waals surface area contributed by atoms with Crippen molar-refractivity contribution in [2.75, 3.05) is 11.9 Å². The fourth-order valence-electron chi connectivity index (χ4n) is 2.40. The summed E-state index contributed by atoms with van der Waals surface area (Å²) in [5.41, 5.74) is 3.60. The molecule has 0 spiro atoms. The predicted octanol–water partition coefficient (Wildman–Crippen LogP) is 5.21. The number of halogens is 2. The van der Waals surface area contributed by atoms with Crippen molar-refractivity contribution in [3.05, 3.63) is 57.0 Å². The molecule has 0 radical (unpaired) electrons. The van der Waals surface area contributed by atoms with Crippen molar-refractivity contribution in [1.82, 2.24) is 0 Å². The third-order valence-corrected chi connectivity index (χ3v) is 4.41. The molecule has 2 nitrogen and oxygen atoms in total. The van der Waals surface area contributed by atoms with Crippen molar-refractivity contribution in [3.8, 4) is 5.75 Å². The van der Waals surface area contributed by atoms with Gasteiger partial charge in [-0.1, -0.05) is 17.7 Å². The first-order valence-corrected chi connectivity index (χ1v) is 7.78. The lowest BCUT2D eigenvalue weighted by Crippen LogP contribution is -2.07. The zero-order valence-corrected chi connectivity index (χ0v) is 13.5. The van der Waals surface area contributed by atoms with Crippen LogP contribution >= 0.6 is 27.5 Å². The highest BCUT2D eigenvalue weighted by Gasteiger charge is 2.15. The number of ether oxygens (including phenoxy) is 1. The maximum absolute atomic E-state index is 5.96.